The number of rotatable bonds is 5. The average molecular weight is 318 g/mol. The van der Waals surface area contributed by atoms with E-state index in [1.807, 2.05) is 12.1 Å². The molecule has 2 aliphatic rings. The summed E-state index contributed by atoms with van der Waals surface area (Å²) in [6, 6.07) is 8.18. The third kappa shape index (κ3) is 2.48. The minimum atomic E-state index is -0.911. The van der Waals surface area contributed by atoms with Crippen LogP contribution in [0.5, 0.6) is 0 Å². The molecule has 1 aromatic carbocycles. The predicted octanol–water partition coefficient (Wildman–Crippen LogP) is 3.70. The van der Waals surface area contributed by atoms with E-state index in [0.717, 1.165) is 12.8 Å². The number of hydrogen-bond donors (Lipinski definition) is 1. The first kappa shape index (κ1) is 16.5. The van der Waals surface area contributed by atoms with E-state index in [4.69, 9.17) is 9.47 Å². The molecule has 2 heterocycles. The van der Waals surface area contributed by atoms with Gasteiger partial charge in [-0.25, -0.2) is 0 Å². The standard InChI is InChI=1S/C19H26O4/c1-13-7-5-6-8-14(13)12-22-15-11-19(17(2,3)16(20)21)10-9-18(15,4)23-19/h5-8,15H,9-12H2,1-4H3,(H,20,21). The van der Waals surface area contributed by atoms with Crippen LogP contribution in [-0.4, -0.2) is 28.4 Å². The number of aryl methyl sites for hydroxylation is 1. The number of ether oxygens (including phenoxy) is 2. The highest BCUT2D eigenvalue weighted by molar-refractivity contribution is 5.75. The van der Waals surface area contributed by atoms with E-state index < -0.39 is 17.0 Å². The van der Waals surface area contributed by atoms with E-state index in [1.165, 1.54) is 11.1 Å². The van der Waals surface area contributed by atoms with Crippen molar-refractivity contribution in [3.05, 3.63) is 35.4 Å². The summed E-state index contributed by atoms with van der Waals surface area (Å²) in [6.45, 7) is 8.21. The summed E-state index contributed by atoms with van der Waals surface area (Å²) in [5.74, 6) is -0.804. The van der Waals surface area contributed by atoms with Gasteiger partial charge in [-0.1, -0.05) is 24.3 Å². The van der Waals surface area contributed by atoms with E-state index in [0.29, 0.717) is 13.0 Å². The van der Waals surface area contributed by atoms with Crippen LogP contribution in [0.15, 0.2) is 24.3 Å². The topological polar surface area (TPSA) is 55.8 Å². The van der Waals surface area contributed by atoms with Crippen molar-refractivity contribution in [1.29, 1.82) is 0 Å². The van der Waals surface area contributed by atoms with Crippen LogP contribution in [0.2, 0.25) is 0 Å². The van der Waals surface area contributed by atoms with Gasteiger partial charge in [0, 0.05) is 6.42 Å². The van der Waals surface area contributed by atoms with Gasteiger partial charge in [-0.3, -0.25) is 4.79 Å². The van der Waals surface area contributed by atoms with Crippen LogP contribution in [0, 0.1) is 12.3 Å². The van der Waals surface area contributed by atoms with Gasteiger partial charge in [0.05, 0.1) is 29.3 Å². The maximum atomic E-state index is 11.7. The Morgan fingerprint density at radius 1 is 1.39 bits per heavy atom. The average Bonchev–Trinajstić information content (AvgIpc) is 2.99. The van der Waals surface area contributed by atoms with Crippen LogP contribution < -0.4 is 0 Å². The first-order valence-electron chi connectivity index (χ1n) is 8.30. The molecule has 2 aliphatic heterocycles. The molecule has 0 radical (unpaired) electrons. The molecular formula is C19H26O4. The van der Waals surface area contributed by atoms with E-state index >= 15 is 0 Å². The van der Waals surface area contributed by atoms with Gasteiger partial charge >= 0.3 is 5.97 Å². The second-order valence-electron chi connectivity index (χ2n) is 7.77. The van der Waals surface area contributed by atoms with E-state index in [1.54, 1.807) is 13.8 Å². The molecule has 0 saturated carbocycles. The molecule has 0 spiro atoms. The molecular weight excluding hydrogens is 292 g/mol. The van der Waals surface area contributed by atoms with E-state index in [2.05, 4.69) is 26.0 Å². The van der Waals surface area contributed by atoms with Gasteiger partial charge in [0.15, 0.2) is 0 Å². The molecule has 3 atom stereocenters. The Morgan fingerprint density at radius 3 is 2.74 bits per heavy atom. The van der Waals surface area contributed by atoms with Crippen molar-refractivity contribution in [2.75, 3.05) is 0 Å². The fourth-order valence-electron chi connectivity index (χ4n) is 3.97. The van der Waals surface area contributed by atoms with Crippen LogP contribution in [-0.2, 0) is 20.9 Å². The Labute approximate surface area is 137 Å². The normalized spacial score (nSPS) is 33.1. The van der Waals surface area contributed by atoms with Crippen LogP contribution in [0.25, 0.3) is 0 Å². The quantitative estimate of drug-likeness (QED) is 0.899. The number of fused-ring (bicyclic) bond motifs is 2. The van der Waals surface area contributed by atoms with Gasteiger partial charge in [0.1, 0.15) is 0 Å². The number of aliphatic carboxylic acids is 1. The lowest BCUT2D eigenvalue weighted by molar-refractivity contribution is -0.169. The van der Waals surface area contributed by atoms with Crippen molar-refractivity contribution < 1.29 is 19.4 Å². The van der Waals surface area contributed by atoms with Crippen molar-refractivity contribution in [3.8, 4) is 0 Å². The van der Waals surface area contributed by atoms with Crippen molar-refractivity contribution in [2.24, 2.45) is 5.41 Å². The maximum absolute atomic E-state index is 11.7. The lowest BCUT2D eigenvalue weighted by atomic mass is 9.67. The summed E-state index contributed by atoms with van der Waals surface area (Å²) < 4.78 is 12.5. The zero-order chi connectivity index (χ0) is 16.9. The van der Waals surface area contributed by atoms with Gasteiger partial charge in [-0.2, -0.15) is 0 Å². The molecule has 2 fully saturated rings. The summed E-state index contributed by atoms with van der Waals surface area (Å²) in [5.41, 5.74) is 0.470. The van der Waals surface area contributed by atoms with Crippen molar-refractivity contribution >= 4 is 5.97 Å². The van der Waals surface area contributed by atoms with Crippen LogP contribution in [0.4, 0.5) is 0 Å². The zero-order valence-electron chi connectivity index (χ0n) is 14.4. The first-order chi connectivity index (χ1) is 10.7. The highest BCUT2D eigenvalue weighted by atomic mass is 16.6. The summed E-state index contributed by atoms with van der Waals surface area (Å²) in [4.78, 5) is 11.7. The Balaban J connectivity index is 1.76. The van der Waals surface area contributed by atoms with Crippen molar-refractivity contribution in [1.82, 2.24) is 0 Å². The van der Waals surface area contributed by atoms with Gasteiger partial charge in [-0.15, -0.1) is 0 Å². The Kier molecular flexibility index (Phi) is 3.81. The second-order valence-corrected chi connectivity index (χ2v) is 7.77. The molecule has 0 aromatic heterocycles. The number of carboxylic acid groups (broad SMARTS) is 1. The van der Waals surface area contributed by atoms with Crippen LogP contribution in [0.3, 0.4) is 0 Å². The summed E-state index contributed by atoms with van der Waals surface area (Å²) >= 11 is 0. The Hall–Kier alpha value is -1.39. The third-order valence-corrected chi connectivity index (χ3v) is 6.02. The molecule has 3 unspecified atom stereocenters. The maximum Gasteiger partial charge on any atom is 0.312 e. The van der Waals surface area contributed by atoms with Gasteiger partial charge in [0.2, 0.25) is 0 Å². The monoisotopic (exact) mass is 318 g/mol. The minimum Gasteiger partial charge on any atom is -0.481 e. The first-order valence-corrected chi connectivity index (χ1v) is 8.30. The smallest absolute Gasteiger partial charge is 0.312 e. The van der Waals surface area contributed by atoms with E-state index in [9.17, 15) is 9.90 Å². The highest BCUT2D eigenvalue weighted by Gasteiger charge is 2.67. The number of carboxylic acids is 1. The number of hydrogen-bond acceptors (Lipinski definition) is 3. The molecule has 4 nitrogen and oxygen atoms in total. The van der Waals surface area contributed by atoms with Crippen LogP contribution in [0.1, 0.15) is 51.2 Å². The molecule has 126 valence electrons. The Bertz CT molecular complexity index is 624. The fourth-order valence-corrected chi connectivity index (χ4v) is 3.97. The molecule has 1 aromatic rings. The molecule has 2 bridgehead atoms. The van der Waals surface area contributed by atoms with Gasteiger partial charge < -0.3 is 14.6 Å². The molecule has 4 heteroatoms. The highest BCUT2D eigenvalue weighted by Crippen LogP contribution is 2.59. The molecule has 0 amide bonds. The Morgan fingerprint density at radius 2 is 2.09 bits per heavy atom. The second kappa shape index (κ2) is 5.32. The van der Waals surface area contributed by atoms with Gasteiger partial charge in [-0.05, 0) is 51.7 Å². The molecule has 2 saturated heterocycles. The summed E-state index contributed by atoms with van der Waals surface area (Å²) in [7, 11) is 0. The third-order valence-electron chi connectivity index (χ3n) is 6.02. The lowest BCUT2D eigenvalue weighted by Crippen LogP contribution is -2.48. The van der Waals surface area contributed by atoms with Crippen molar-refractivity contribution in [3.63, 3.8) is 0 Å². The molecule has 0 aliphatic carbocycles. The summed E-state index contributed by atoms with van der Waals surface area (Å²) in [6.07, 6.45) is 2.22. The summed E-state index contributed by atoms with van der Waals surface area (Å²) in [5, 5.41) is 9.61. The minimum absolute atomic E-state index is 0.0607. The molecule has 3 rings (SSSR count). The SMILES string of the molecule is Cc1ccccc1COC1CC2(C(C)(C)C(=O)O)CCC1(C)O2. The van der Waals surface area contributed by atoms with E-state index in [-0.39, 0.29) is 11.7 Å². The zero-order valence-corrected chi connectivity index (χ0v) is 14.4. The predicted molar refractivity (Wildman–Crippen MR) is 87.2 cm³/mol. The fraction of sp³-hybridized carbons (Fsp3) is 0.632. The van der Waals surface area contributed by atoms with Gasteiger partial charge in [0.25, 0.3) is 0 Å². The molecule has 1 N–H and O–H groups in total. The van der Waals surface area contributed by atoms with Crippen LogP contribution >= 0.6 is 0 Å². The lowest BCUT2D eigenvalue weighted by Gasteiger charge is -2.38. The largest absolute Gasteiger partial charge is 0.481 e. The number of benzene rings is 1. The number of carbonyl (C=O) groups is 1. The molecule has 23 heavy (non-hydrogen) atoms. The van der Waals surface area contributed by atoms with Crippen molar-refractivity contribution in [2.45, 2.75) is 70.9 Å².